The van der Waals surface area contributed by atoms with E-state index >= 15 is 0 Å². The van der Waals surface area contributed by atoms with Crippen LogP contribution in [0.5, 0.6) is 0 Å². The SMILES string of the molecule is CC1CCCN(C(=O)c2cnc(Nc3c(F)cccc3F)cn2)C1. The second-order valence-corrected chi connectivity index (χ2v) is 6.01. The van der Waals surface area contributed by atoms with E-state index in [2.05, 4.69) is 22.2 Å². The van der Waals surface area contributed by atoms with Crippen molar-refractivity contribution in [3.63, 3.8) is 0 Å². The number of carbonyl (C=O) groups is 1. The third-order valence-corrected chi connectivity index (χ3v) is 4.03. The highest BCUT2D eigenvalue weighted by Crippen LogP contribution is 2.22. The van der Waals surface area contributed by atoms with Crippen LogP contribution in [0.1, 0.15) is 30.3 Å². The van der Waals surface area contributed by atoms with Crippen LogP contribution in [0.4, 0.5) is 20.3 Å². The smallest absolute Gasteiger partial charge is 0.274 e. The predicted octanol–water partition coefficient (Wildman–Crippen LogP) is 3.37. The molecule has 1 aromatic carbocycles. The highest BCUT2D eigenvalue weighted by atomic mass is 19.1. The van der Waals surface area contributed by atoms with Gasteiger partial charge in [-0.3, -0.25) is 4.79 Å². The van der Waals surface area contributed by atoms with Gasteiger partial charge in [-0.25, -0.2) is 18.7 Å². The molecule has 1 unspecified atom stereocenters. The molecule has 0 saturated carbocycles. The van der Waals surface area contributed by atoms with Crippen LogP contribution in [0.2, 0.25) is 0 Å². The van der Waals surface area contributed by atoms with Crippen LogP contribution < -0.4 is 5.32 Å². The maximum atomic E-state index is 13.6. The highest BCUT2D eigenvalue weighted by Gasteiger charge is 2.23. The molecule has 1 saturated heterocycles. The average Bonchev–Trinajstić information content (AvgIpc) is 2.58. The average molecular weight is 332 g/mol. The van der Waals surface area contributed by atoms with E-state index in [0.29, 0.717) is 19.0 Å². The van der Waals surface area contributed by atoms with Gasteiger partial charge < -0.3 is 10.2 Å². The molecule has 126 valence electrons. The largest absolute Gasteiger partial charge is 0.337 e. The summed E-state index contributed by atoms with van der Waals surface area (Å²) in [7, 11) is 0. The van der Waals surface area contributed by atoms with Crippen molar-refractivity contribution in [1.82, 2.24) is 14.9 Å². The second-order valence-electron chi connectivity index (χ2n) is 6.01. The van der Waals surface area contributed by atoms with Gasteiger partial charge in [0, 0.05) is 13.1 Å². The molecule has 0 bridgehead atoms. The second kappa shape index (κ2) is 6.90. The fourth-order valence-electron chi connectivity index (χ4n) is 2.78. The number of para-hydroxylation sites is 1. The molecule has 1 amide bonds. The maximum Gasteiger partial charge on any atom is 0.274 e. The summed E-state index contributed by atoms with van der Waals surface area (Å²) < 4.78 is 27.2. The zero-order chi connectivity index (χ0) is 17.1. The summed E-state index contributed by atoms with van der Waals surface area (Å²) in [6, 6.07) is 3.57. The van der Waals surface area contributed by atoms with Gasteiger partial charge in [0.25, 0.3) is 5.91 Å². The fraction of sp³-hybridized carbons (Fsp3) is 0.353. The van der Waals surface area contributed by atoms with Crippen molar-refractivity contribution in [3.8, 4) is 0 Å². The normalized spacial score (nSPS) is 17.6. The van der Waals surface area contributed by atoms with Gasteiger partial charge in [0.1, 0.15) is 28.8 Å². The number of nitrogens with zero attached hydrogens (tertiary/aromatic N) is 3. The van der Waals surface area contributed by atoms with E-state index in [9.17, 15) is 13.6 Å². The van der Waals surface area contributed by atoms with Gasteiger partial charge in [-0.05, 0) is 30.9 Å². The number of piperidine rings is 1. The molecule has 0 aliphatic carbocycles. The highest BCUT2D eigenvalue weighted by molar-refractivity contribution is 5.92. The third kappa shape index (κ3) is 3.50. The van der Waals surface area contributed by atoms with Crippen LogP contribution in [-0.4, -0.2) is 33.9 Å². The minimum atomic E-state index is -0.723. The summed E-state index contributed by atoms with van der Waals surface area (Å²) in [5.41, 5.74) is -0.0700. The lowest BCUT2D eigenvalue weighted by Gasteiger charge is -2.30. The quantitative estimate of drug-likeness (QED) is 0.936. The van der Waals surface area contributed by atoms with Crippen molar-refractivity contribution in [3.05, 3.63) is 47.9 Å². The van der Waals surface area contributed by atoms with E-state index in [1.54, 1.807) is 4.90 Å². The lowest BCUT2D eigenvalue weighted by Crippen LogP contribution is -2.39. The third-order valence-electron chi connectivity index (χ3n) is 4.03. The minimum Gasteiger partial charge on any atom is -0.337 e. The molecule has 2 heterocycles. The van der Waals surface area contributed by atoms with Gasteiger partial charge in [-0.15, -0.1) is 0 Å². The minimum absolute atomic E-state index is 0.169. The van der Waals surface area contributed by atoms with E-state index in [1.807, 2.05) is 0 Å². The molecule has 1 aromatic heterocycles. The number of hydrogen-bond donors (Lipinski definition) is 1. The van der Waals surface area contributed by atoms with Gasteiger partial charge in [0.15, 0.2) is 0 Å². The molecule has 0 spiro atoms. The van der Waals surface area contributed by atoms with Gasteiger partial charge in [-0.1, -0.05) is 13.0 Å². The number of likely N-dealkylation sites (tertiary alicyclic amines) is 1. The summed E-state index contributed by atoms with van der Waals surface area (Å²) in [5, 5.41) is 2.54. The van der Waals surface area contributed by atoms with Crippen LogP contribution >= 0.6 is 0 Å². The van der Waals surface area contributed by atoms with E-state index in [0.717, 1.165) is 25.0 Å². The van der Waals surface area contributed by atoms with Crippen molar-refractivity contribution in [1.29, 1.82) is 0 Å². The van der Waals surface area contributed by atoms with Crippen LogP contribution in [0, 0.1) is 17.6 Å². The monoisotopic (exact) mass is 332 g/mol. The first kappa shape index (κ1) is 16.3. The Morgan fingerprint density at radius 2 is 2.00 bits per heavy atom. The molecule has 2 aromatic rings. The zero-order valence-corrected chi connectivity index (χ0v) is 13.3. The number of anilines is 2. The Bertz CT molecular complexity index is 716. The number of hydrogen-bond acceptors (Lipinski definition) is 4. The van der Waals surface area contributed by atoms with Crippen molar-refractivity contribution in [2.24, 2.45) is 5.92 Å². The number of benzene rings is 1. The summed E-state index contributed by atoms with van der Waals surface area (Å²) in [4.78, 5) is 22.3. The van der Waals surface area contributed by atoms with Gasteiger partial charge in [0.2, 0.25) is 0 Å². The number of rotatable bonds is 3. The Kier molecular flexibility index (Phi) is 4.69. The van der Waals surface area contributed by atoms with Crippen molar-refractivity contribution >= 4 is 17.4 Å². The van der Waals surface area contributed by atoms with Crippen LogP contribution in [-0.2, 0) is 0 Å². The molecular formula is C17H18F2N4O. The zero-order valence-electron chi connectivity index (χ0n) is 13.3. The Morgan fingerprint density at radius 3 is 2.62 bits per heavy atom. The topological polar surface area (TPSA) is 58.1 Å². The molecule has 1 N–H and O–H groups in total. The van der Waals surface area contributed by atoms with Crippen LogP contribution in [0.3, 0.4) is 0 Å². The number of carbonyl (C=O) groups excluding carboxylic acids is 1. The molecule has 1 aliphatic rings. The Hall–Kier alpha value is -2.57. The maximum absolute atomic E-state index is 13.6. The summed E-state index contributed by atoms with van der Waals surface area (Å²) in [6.07, 6.45) is 4.72. The molecule has 1 aliphatic heterocycles. The number of amides is 1. The molecule has 1 atom stereocenters. The lowest BCUT2D eigenvalue weighted by atomic mass is 10.0. The summed E-state index contributed by atoms with van der Waals surface area (Å²) in [6.45, 7) is 3.54. The first-order chi connectivity index (χ1) is 11.5. The predicted molar refractivity (Wildman–Crippen MR) is 86.0 cm³/mol. The summed E-state index contributed by atoms with van der Waals surface area (Å²) >= 11 is 0. The molecule has 3 rings (SSSR count). The van der Waals surface area contributed by atoms with E-state index in [-0.39, 0.29) is 23.1 Å². The number of nitrogens with one attached hydrogen (secondary N) is 1. The molecule has 7 heteroatoms. The Balaban J connectivity index is 1.72. The molecule has 24 heavy (non-hydrogen) atoms. The Labute approximate surface area is 138 Å². The van der Waals surface area contributed by atoms with E-state index in [1.165, 1.54) is 18.5 Å². The first-order valence-corrected chi connectivity index (χ1v) is 7.87. The van der Waals surface area contributed by atoms with Crippen molar-refractivity contribution < 1.29 is 13.6 Å². The molecule has 5 nitrogen and oxygen atoms in total. The lowest BCUT2D eigenvalue weighted by molar-refractivity contribution is 0.0676. The standard InChI is InChI=1S/C17H18F2N4O/c1-11-4-3-7-23(10-11)17(24)14-8-21-15(9-20-14)22-16-12(18)5-2-6-13(16)19/h2,5-6,8-9,11H,3-4,7,10H2,1H3,(H,21,22). The van der Waals surface area contributed by atoms with Gasteiger partial charge in [0.05, 0.1) is 12.4 Å². The molecular weight excluding hydrogens is 314 g/mol. The van der Waals surface area contributed by atoms with E-state index in [4.69, 9.17) is 0 Å². The Morgan fingerprint density at radius 1 is 1.25 bits per heavy atom. The molecule has 1 fully saturated rings. The number of halogens is 2. The molecule has 0 radical (unpaired) electrons. The van der Waals surface area contributed by atoms with Crippen LogP contribution in [0.15, 0.2) is 30.6 Å². The van der Waals surface area contributed by atoms with Crippen LogP contribution in [0.25, 0.3) is 0 Å². The van der Waals surface area contributed by atoms with Gasteiger partial charge in [-0.2, -0.15) is 0 Å². The first-order valence-electron chi connectivity index (χ1n) is 7.87. The van der Waals surface area contributed by atoms with E-state index < -0.39 is 11.6 Å². The van der Waals surface area contributed by atoms with Gasteiger partial charge >= 0.3 is 0 Å². The van der Waals surface area contributed by atoms with Crippen molar-refractivity contribution in [2.45, 2.75) is 19.8 Å². The fourth-order valence-corrected chi connectivity index (χ4v) is 2.78. The summed E-state index contributed by atoms with van der Waals surface area (Å²) in [5.74, 6) is -0.973. The van der Waals surface area contributed by atoms with Crippen molar-refractivity contribution in [2.75, 3.05) is 18.4 Å². The number of aromatic nitrogens is 2.